The molecule has 0 aromatic heterocycles. The number of ether oxygens (including phenoxy) is 1. The van der Waals surface area contributed by atoms with Crippen LogP contribution < -0.4 is 0 Å². The monoisotopic (exact) mass is 220 g/mol. The van der Waals surface area contributed by atoms with Crippen LogP contribution in [0.25, 0.3) is 0 Å². The summed E-state index contributed by atoms with van der Waals surface area (Å²) in [6.45, 7) is 1.78. The molecule has 0 aliphatic rings. The first-order valence-electron chi connectivity index (χ1n) is 4.82. The highest BCUT2D eigenvalue weighted by molar-refractivity contribution is 6.23. The normalized spacial score (nSPS) is 10.9. The van der Waals surface area contributed by atoms with E-state index in [4.69, 9.17) is 5.11 Å². The Morgan fingerprint density at radius 2 is 1.94 bits per heavy atom. The molecule has 0 fully saturated rings. The molecule has 0 saturated heterocycles. The summed E-state index contributed by atoms with van der Waals surface area (Å²) in [5.41, 5.74) is -0.0381. The molecule has 1 aromatic carbocycles. The van der Waals surface area contributed by atoms with Gasteiger partial charge in [-0.25, -0.2) is 4.79 Å². The maximum atomic E-state index is 11.8. The van der Waals surface area contributed by atoms with Crippen LogP contribution in [-0.4, -0.2) is 23.5 Å². The van der Waals surface area contributed by atoms with Crippen molar-refractivity contribution in [1.29, 1.82) is 0 Å². The number of hydrogen-bond donors (Lipinski definition) is 1. The summed E-state index contributed by atoms with van der Waals surface area (Å²) < 4.78 is 4.65. The molecule has 1 N–H and O–H groups in total. The Morgan fingerprint density at radius 1 is 1.31 bits per heavy atom. The van der Waals surface area contributed by atoms with E-state index >= 15 is 0 Å². The van der Waals surface area contributed by atoms with Gasteiger partial charge in [-0.1, -0.05) is 30.3 Å². The lowest BCUT2D eigenvalue weighted by Gasteiger charge is -2.04. The van der Waals surface area contributed by atoms with Gasteiger partial charge in [0.05, 0.1) is 12.9 Å². The molecule has 0 aliphatic carbocycles. The zero-order valence-corrected chi connectivity index (χ0v) is 8.84. The smallest absolute Gasteiger partial charge is 0.345 e. The van der Waals surface area contributed by atoms with E-state index in [-0.39, 0.29) is 12.2 Å². The highest BCUT2D eigenvalue weighted by atomic mass is 16.5. The third-order valence-corrected chi connectivity index (χ3v) is 1.91. The largest absolute Gasteiger partial charge is 0.515 e. The Balaban J connectivity index is 2.92. The van der Waals surface area contributed by atoms with E-state index in [9.17, 15) is 9.59 Å². The molecule has 0 amide bonds. The summed E-state index contributed by atoms with van der Waals surface area (Å²) in [5, 5.41) is 8.87. The highest BCUT2D eigenvalue weighted by Gasteiger charge is 2.20. The highest BCUT2D eigenvalue weighted by Crippen LogP contribution is 2.09. The first kappa shape index (κ1) is 12.0. The first-order valence-corrected chi connectivity index (χ1v) is 4.82. The van der Waals surface area contributed by atoms with E-state index in [0.717, 1.165) is 0 Å². The van der Waals surface area contributed by atoms with E-state index < -0.39 is 11.8 Å². The van der Waals surface area contributed by atoms with Crippen LogP contribution in [0.15, 0.2) is 42.2 Å². The lowest BCUT2D eigenvalue weighted by molar-refractivity contribution is -0.138. The molecule has 0 spiro atoms. The quantitative estimate of drug-likeness (QED) is 0.210. The second-order valence-corrected chi connectivity index (χ2v) is 2.96. The van der Waals surface area contributed by atoms with E-state index in [2.05, 4.69) is 4.74 Å². The minimum absolute atomic E-state index is 0.151. The van der Waals surface area contributed by atoms with Crippen molar-refractivity contribution < 1.29 is 19.4 Å². The van der Waals surface area contributed by atoms with Crippen LogP contribution >= 0.6 is 0 Å². The number of carbonyl (C=O) groups is 2. The number of Topliss-reactive ketones (excluding diaryl/α,β-unsaturated/α-hetero) is 1. The molecule has 0 aliphatic heterocycles. The Morgan fingerprint density at radius 3 is 2.44 bits per heavy atom. The number of esters is 1. The molecule has 4 nitrogen and oxygen atoms in total. The standard InChI is InChI=1S/C12H12O4/c1-2-16-12(15)10(8-13)11(14)9-6-4-3-5-7-9/h3-8,13H,2H2,1H3/b10-8+. The van der Waals surface area contributed by atoms with Gasteiger partial charge < -0.3 is 9.84 Å². The summed E-state index contributed by atoms with van der Waals surface area (Å²) in [4.78, 5) is 23.1. The summed E-state index contributed by atoms with van der Waals surface area (Å²) in [6, 6.07) is 8.22. The maximum Gasteiger partial charge on any atom is 0.345 e. The molecule has 0 radical (unpaired) electrons. The van der Waals surface area contributed by atoms with Crippen molar-refractivity contribution in [3.63, 3.8) is 0 Å². The zero-order chi connectivity index (χ0) is 12.0. The lowest BCUT2D eigenvalue weighted by atomic mass is 10.0. The lowest BCUT2D eigenvalue weighted by Crippen LogP contribution is -2.16. The SMILES string of the molecule is CCOC(=O)/C(=C/O)C(=O)c1ccccc1. The molecule has 0 unspecified atom stereocenters. The molecule has 1 rings (SSSR count). The van der Waals surface area contributed by atoms with E-state index in [1.165, 1.54) is 0 Å². The fourth-order valence-electron chi connectivity index (χ4n) is 1.16. The van der Waals surface area contributed by atoms with E-state index in [0.29, 0.717) is 11.8 Å². The van der Waals surface area contributed by atoms with Gasteiger partial charge in [0.1, 0.15) is 5.57 Å². The number of benzene rings is 1. The molecular weight excluding hydrogens is 208 g/mol. The topological polar surface area (TPSA) is 63.6 Å². The van der Waals surface area contributed by atoms with E-state index in [1.54, 1.807) is 37.3 Å². The van der Waals surface area contributed by atoms with Gasteiger partial charge in [-0.15, -0.1) is 0 Å². The Bertz CT molecular complexity index is 406. The summed E-state index contributed by atoms with van der Waals surface area (Å²) in [6.07, 6.45) is 0.479. The number of hydrogen-bond acceptors (Lipinski definition) is 4. The fraction of sp³-hybridized carbons (Fsp3) is 0.167. The van der Waals surface area contributed by atoms with Gasteiger partial charge in [-0.3, -0.25) is 4.79 Å². The molecule has 16 heavy (non-hydrogen) atoms. The van der Waals surface area contributed by atoms with Gasteiger partial charge in [-0.2, -0.15) is 0 Å². The Hall–Kier alpha value is -2.10. The van der Waals surface area contributed by atoms with Crippen LogP contribution in [0, 0.1) is 0 Å². The van der Waals surface area contributed by atoms with Crippen molar-refractivity contribution in [2.45, 2.75) is 6.92 Å². The fourth-order valence-corrected chi connectivity index (χ4v) is 1.16. The first-order chi connectivity index (χ1) is 7.70. The third-order valence-electron chi connectivity index (χ3n) is 1.91. The van der Waals surface area contributed by atoms with Gasteiger partial charge in [0.25, 0.3) is 0 Å². The number of aliphatic hydroxyl groups excluding tert-OH is 1. The predicted octanol–water partition coefficient (Wildman–Crippen LogP) is 1.87. The van der Waals surface area contributed by atoms with Crippen molar-refractivity contribution in [3.05, 3.63) is 47.7 Å². The van der Waals surface area contributed by atoms with Gasteiger partial charge in [-0.05, 0) is 6.92 Å². The summed E-state index contributed by atoms with van der Waals surface area (Å²) in [7, 11) is 0. The average molecular weight is 220 g/mol. The summed E-state index contributed by atoms with van der Waals surface area (Å²) in [5.74, 6) is -1.37. The van der Waals surface area contributed by atoms with Gasteiger partial charge in [0.15, 0.2) is 0 Å². The van der Waals surface area contributed by atoms with Crippen molar-refractivity contribution in [2.75, 3.05) is 6.61 Å². The molecule has 84 valence electrons. The van der Waals surface area contributed by atoms with Gasteiger partial charge >= 0.3 is 5.97 Å². The Kier molecular flexibility index (Phi) is 4.27. The molecule has 0 atom stereocenters. The van der Waals surface area contributed by atoms with Gasteiger partial charge in [0.2, 0.25) is 5.78 Å². The second-order valence-electron chi connectivity index (χ2n) is 2.96. The van der Waals surface area contributed by atoms with Crippen LogP contribution in [-0.2, 0) is 9.53 Å². The van der Waals surface area contributed by atoms with Crippen LogP contribution in [0.5, 0.6) is 0 Å². The second kappa shape index (κ2) is 5.70. The number of carbonyl (C=O) groups excluding carboxylic acids is 2. The average Bonchev–Trinajstić information content (AvgIpc) is 2.31. The minimum atomic E-state index is -0.821. The minimum Gasteiger partial charge on any atom is -0.515 e. The van der Waals surface area contributed by atoms with Crippen LogP contribution in [0.1, 0.15) is 17.3 Å². The molecule has 0 saturated carbocycles. The van der Waals surface area contributed by atoms with Crippen LogP contribution in [0.3, 0.4) is 0 Å². The van der Waals surface area contributed by atoms with Crippen molar-refractivity contribution in [3.8, 4) is 0 Å². The van der Waals surface area contributed by atoms with Crippen molar-refractivity contribution in [1.82, 2.24) is 0 Å². The number of ketones is 1. The van der Waals surface area contributed by atoms with Crippen LogP contribution in [0.4, 0.5) is 0 Å². The number of aliphatic hydroxyl groups is 1. The molecule has 1 aromatic rings. The maximum absolute atomic E-state index is 11.8. The van der Waals surface area contributed by atoms with Crippen molar-refractivity contribution in [2.24, 2.45) is 0 Å². The Labute approximate surface area is 93.2 Å². The molecule has 0 bridgehead atoms. The van der Waals surface area contributed by atoms with Crippen molar-refractivity contribution >= 4 is 11.8 Å². The van der Waals surface area contributed by atoms with Crippen LogP contribution in [0.2, 0.25) is 0 Å². The third kappa shape index (κ3) is 2.70. The summed E-state index contributed by atoms with van der Waals surface area (Å²) >= 11 is 0. The predicted molar refractivity (Wildman–Crippen MR) is 58.1 cm³/mol. The van der Waals surface area contributed by atoms with Gasteiger partial charge in [0, 0.05) is 5.56 Å². The van der Waals surface area contributed by atoms with E-state index in [1.807, 2.05) is 0 Å². The molecule has 0 heterocycles. The molecular formula is C12H12O4. The molecule has 4 heteroatoms. The zero-order valence-electron chi connectivity index (χ0n) is 8.84. The number of rotatable bonds is 4.